The number of hydrogen-bond donors (Lipinski definition) is 0. The molecule has 0 unspecified atom stereocenters. The Labute approximate surface area is 162 Å². The van der Waals surface area contributed by atoms with Gasteiger partial charge in [0.25, 0.3) is 0 Å². The van der Waals surface area contributed by atoms with Crippen molar-refractivity contribution in [2.45, 2.75) is 32.6 Å². The van der Waals surface area contributed by atoms with Gasteiger partial charge in [-0.2, -0.15) is 0 Å². The van der Waals surface area contributed by atoms with Gasteiger partial charge < -0.3 is 4.74 Å². The van der Waals surface area contributed by atoms with E-state index in [-0.39, 0.29) is 0 Å². The minimum atomic E-state index is 0.683. The van der Waals surface area contributed by atoms with E-state index in [0.717, 1.165) is 28.8 Å². The molecule has 2 aromatic carbocycles. The molecule has 0 spiro atoms. The number of fused-ring (bicyclic) bond motifs is 3. The molecular weight excluding hydrogens is 352 g/mol. The molecular formula is C23H20N2OS. The summed E-state index contributed by atoms with van der Waals surface area (Å²) in [5.74, 6) is 1.49. The maximum Gasteiger partial charge on any atom is 0.231 e. The molecule has 2 heterocycles. The smallest absolute Gasteiger partial charge is 0.231 e. The average molecular weight is 372 g/mol. The highest BCUT2D eigenvalue weighted by atomic mass is 32.1. The fraction of sp³-hybridized carbons (Fsp3) is 0.217. The lowest BCUT2D eigenvalue weighted by Crippen LogP contribution is -1.99. The zero-order valence-corrected chi connectivity index (χ0v) is 16.1. The first-order valence-electron chi connectivity index (χ1n) is 9.38. The summed E-state index contributed by atoms with van der Waals surface area (Å²) in [4.78, 5) is 11.4. The van der Waals surface area contributed by atoms with Crippen LogP contribution in [0.25, 0.3) is 21.3 Å². The Morgan fingerprint density at radius 1 is 0.852 bits per heavy atom. The van der Waals surface area contributed by atoms with Gasteiger partial charge in [0.2, 0.25) is 5.88 Å². The van der Waals surface area contributed by atoms with Gasteiger partial charge in [0.1, 0.15) is 16.9 Å². The predicted molar refractivity (Wildman–Crippen MR) is 111 cm³/mol. The van der Waals surface area contributed by atoms with E-state index >= 15 is 0 Å². The Bertz CT molecular complexity index is 1100. The van der Waals surface area contributed by atoms with Gasteiger partial charge in [-0.25, -0.2) is 9.97 Å². The molecule has 0 fully saturated rings. The first-order chi connectivity index (χ1) is 13.3. The average Bonchev–Trinajstić information content (AvgIpc) is 3.09. The van der Waals surface area contributed by atoms with Crippen LogP contribution in [0.3, 0.4) is 0 Å². The van der Waals surface area contributed by atoms with Gasteiger partial charge in [0.05, 0.1) is 5.39 Å². The molecule has 0 amide bonds. The van der Waals surface area contributed by atoms with E-state index in [9.17, 15) is 0 Å². The van der Waals surface area contributed by atoms with Crippen molar-refractivity contribution in [3.8, 4) is 22.8 Å². The Morgan fingerprint density at radius 2 is 1.56 bits per heavy atom. The van der Waals surface area contributed by atoms with Crippen LogP contribution in [0.15, 0.2) is 54.9 Å². The van der Waals surface area contributed by atoms with Crippen molar-refractivity contribution < 1.29 is 4.74 Å². The van der Waals surface area contributed by atoms with Gasteiger partial charge in [-0.1, -0.05) is 42.0 Å². The van der Waals surface area contributed by atoms with Crippen LogP contribution in [0.5, 0.6) is 11.6 Å². The summed E-state index contributed by atoms with van der Waals surface area (Å²) < 4.78 is 6.18. The van der Waals surface area contributed by atoms with Gasteiger partial charge in [0, 0.05) is 4.88 Å². The molecule has 0 bridgehead atoms. The van der Waals surface area contributed by atoms with E-state index in [1.165, 1.54) is 40.0 Å². The number of thiophene rings is 1. The van der Waals surface area contributed by atoms with Crippen LogP contribution in [-0.2, 0) is 12.8 Å². The Kier molecular flexibility index (Phi) is 4.13. The normalized spacial score (nSPS) is 13.5. The summed E-state index contributed by atoms with van der Waals surface area (Å²) in [6, 6.07) is 16.8. The Morgan fingerprint density at radius 3 is 2.33 bits per heavy atom. The number of rotatable bonds is 3. The minimum absolute atomic E-state index is 0.683. The number of nitrogens with zero attached hydrogens (tertiary/aromatic N) is 2. The summed E-state index contributed by atoms with van der Waals surface area (Å²) in [5.41, 5.74) is 5.06. The van der Waals surface area contributed by atoms with Gasteiger partial charge in [-0.15, -0.1) is 11.3 Å². The summed E-state index contributed by atoms with van der Waals surface area (Å²) in [5, 5.41) is 1.11. The largest absolute Gasteiger partial charge is 0.438 e. The molecule has 4 aromatic rings. The lowest BCUT2D eigenvalue weighted by Gasteiger charge is -2.12. The quantitative estimate of drug-likeness (QED) is 0.421. The zero-order chi connectivity index (χ0) is 18.2. The van der Waals surface area contributed by atoms with Gasteiger partial charge in [-0.05, 0) is 61.4 Å². The Hall–Kier alpha value is -2.72. The fourth-order valence-electron chi connectivity index (χ4n) is 3.71. The molecule has 3 nitrogen and oxygen atoms in total. The molecule has 0 N–H and O–H groups in total. The fourth-order valence-corrected chi connectivity index (χ4v) is 4.93. The number of hydrogen-bond acceptors (Lipinski definition) is 4. The molecule has 2 aromatic heterocycles. The predicted octanol–water partition coefficient (Wildman–Crippen LogP) is 6.34. The highest BCUT2D eigenvalue weighted by Crippen LogP contribution is 2.40. The molecule has 27 heavy (non-hydrogen) atoms. The van der Waals surface area contributed by atoms with Crippen molar-refractivity contribution in [2.75, 3.05) is 0 Å². The molecule has 4 heteroatoms. The van der Waals surface area contributed by atoms with Crippen molar-refractivity contribution in [3.05, 3.63) is 70.9 Å². The van der Waals surface area contributed by atoms with Crippen molar-refractivity contribution in [3.63, 3.8) is 0 Å². The van der Waals surface area contributed by atoms with E-state index < -0.39 is 0 Å². The Balaban J connectivity index is 1.47. The number of ether oxygens (including phenoxy) is 1. The molecule has 0 radical (unpaired) electrons. The SMILES string of the molecule is Cc1ccc(-c2ccc(Oc3ncnc4sc5c(c34)CCCC5)cc2)cc1. The van der Waals surface area contributed by atoms with E-state index in [1.807, 2.05) is 12.1 Å². The molecule has 1 aliphatic rings. The maximum absolute atomic E-state index is 6.18. The topological polar surface area (TPSA) is 35.0 Å². The first kappa shape index (κ1) is 16.5. The van der Waals surface area contributed by atoms with Crippen molar-refractivity contribution in [1.29, 1.82) is 0 Å². The third kappa shape index (κ3) is 3.10. The maximum atomic E-state index is 6.18. The van der Waals surface area contributed by atoms with Crippen LogP contribution in [-0.4, -0.2) is 9.97 Å². The van der Waals surface area contributed by atoms with Gasteiger partial charge in [0.15, 0.2) is 0 Å². The van der Waals surface area contributed by atoms with Gasteiger partial charge >= 0.3 is 0 Å². The second-order valence-electron chi connectivity index (χ2n) is 7.06. The van der Waals surface area contributed by atoms with Crippen LogP contribution in [0.1, 0.15) is 28.8 Å². The van der Waals surface area contributed by atoms with Crippen LogP contribution in [0.2, 0.25) is 0 Å². The molecule has 0 saturated carbocycles. The standard InChI is InChI=1S/C23H20N2OS/c1-15-6-8-16(9-7-15)17-10-12-18(13-11-17)26-22-21-19-4-2-3-5-20(19)27-23(21)25-14-24-22/h6-14H,2-5H2,1H3. The lowest BCUT2D eigenvalue weighted by atomic mass is 9.97. The van der Waals surface area contributed by atoms with E-state index in [1.54, 1.807) is 17.7 Å². The second kappa shape index (κ2) is 6.78. The summed E-state index contributed by atoms with van der Waals surface area (Å²) in [6.45, 7) is 2.10. The third-order valence-electron chi connectivity index (χ3n) is 5.17. The first-order valence-corrected chi connectivity index (χ1v) is 10.2. The lowest BCUT2D eigenvalue weighted by molar-refractivity contribution is 0.468. The van der Waals surface area contributed by atoms with Gasteiger partial charge in [-0.3, -0.25) is 0 Å². The van der Waals surface area contributed by atoms with E-state index in [0.29, 0.717) is 5.88 Å². The van der Waals surface area contributed by atoms with Crippen LogP contribution < -0.4 is 4.74 Å². The molecule has 0 aliphatic heterocycles. The molecule has 5 rings (SSSR count). The number of aromatic nitrogens is 2. The summed E-state index contributed by atoms with van der Waals surface area (Å²) >= 11 is 1.79. The van der Waals surface area contributed by atoms with Crippen molar-refractivity contribution in [1.82, 2.24) is 9.97 Å². The number of aryl methyl sites for hydroxylation is 3. The monoisotopic (exact) mass is 372 g/mol. The van der Waals surface area contributed by atoms with Crippen LogP contribution in [0, 0.1) is 6.92 Å². The summed E-state index contributed by atoms with van der Waals surface area (Å²) in [7, 11) is 0. The minimum Gasteiger partial charge on any atom is -0.438 e. The number of benzene rings is 2. The molecule has 1 aliphatic carbocycles. The highest BCUT2D eigenvalue weighted by molar-refractivity contribution is 7.18. The molecule has 0 atom stereocenters. The highest BCUT2D eigenvalue weighted by Gasteiger charge is 2.20. The van der Waals surface area contributed by atoms with Crippen molar-refractivity contribution in [2.24, 2.45) is 0 Å². The molecule has 134 valence electrons. The second-order valence-corrected chi connectivity index (χ2v) is 8.15. The molecule has 0 saturated heterocycles. The van der Waals surface area contributed by atoms with Crippen molar-refractivity contribution >= 4 is 21.6 Å². The third-order valence-corrected chi connectivity index (χ3v) is 6.37. The zero-order valence-electron chi connectivity index (χ0n) is 15.2. The van der Waals surface area contributed by atoms with E-state index in [4.69, 9.17) is 4.74 Å². The van der Waals surface area contributed by atoms with Crippen LogP contribution >= 0.6 is 11.3 Å². The van der Waals surface area contributed by atoms with Crippen LogP contribution in [0.4, 0.5) is 0 Å². The summed E-state index contributed by atoms with van der Waals surface area (Å²) in [6.07, 6.45) is 6.37. The van der Waals surface area contributed by atoms with E-state index in [2.05, 4.69) is 53.3 Å².